The Balaban J connectivity index is 1.91. The van der Waals surface area contributed by atoms with E-state index in [0.717, 1.165) is 10.5 Å². The number of nitrogens with zero attached hydrogens (tertiary/aromatic N) is 1. The van der Waals surface area contributed by atoms with Crippen molar-refractivity contribution in [3.8, 4) is 0 Å². The third kappa shape index (κ3) is 4.15. The van der Waals surface area contributed by atoms with Gasteiger partial charge in [0.1, 0.15) is 11.6 Å². The van der Waals surface area contributed by atoms with Crippen molar-refractivity contribution in [2.45, 2.75) is 17.9 Å². The first-order chi connectivity index (χ1) is 15.6. The Kier molecular flexibility index (Phi) is 5.61. The fourth-order valence-electron chi connectivity index (χ4n) is 3.72. The van der Waals surface area contributed by atoms with E-state index in [4.69, 9.17) is 5.14 Å². The number of nitrogens with two attached hydrogens (primary N) is 1. The Labute approximate surface area is 189 Å². The number of Topliss-reactive ketones (excluding diaryl/α,β-unsaturated/α-hetero) is 1. The van der Waals surface area contributed by atoms with Gasteiger partial charge in [0.2, 0.25) is 10.0 Å². The van der Waals surface area contributed by atoms with Crippen LogP contribution in [-0.2, 0) is 19.6 Å². The summed E-state index contributed by atoms with van der Waals surface area (Å²) in [6.45, 7) is 1.87. The van der Waals surface area contributed by atoms with Gasteiger partial charge in [0.05, 0.1) is 16.5 Å². The fraction of sp³-hybridized carbons (Fsp3) is 0.0833. The van der Waals surface area contributed by atoms with Crippen molar-refractivity contribution in [3.63, 3.8) is 0 Å². The number of carbonyl (C=O) groups is 2. The van der Waals surface area contributed by atoms with Gasteiger partial charge in [-0.25, -0.2) is 17.9 Å². The molecule has 3 aromatic carbocycles. The van der Waals surface area contributed by atoms with Gasteiger partial charge in [-0.1, -0.05) is 42.0 Å². The number of hydrogen-bond acceptors (Lipinski definition) is 5. The summed E-state index contributed by atoms with van der Waals surface area (Å²) in [6, 6.07) is 16.0. The average molecular weight is 466 g/mol. The van der Waals surface area contributed by atoms with Crippen LogP contribution in [0.4, 0.5) is 10.1 Å². The number of hydrogen-bond donors (Lipinski definition) is 2. The molecule has 0 aliphatic carbocycles. The topological polar surface area (TPSA) is 118 Å². The zero-order chi connectivity index (χ0) is 23.9. The van der Waals surface area contributed by atoms with Crippen LogP contribution in [0, 0.1) is 12.7 Å². The monoisotopic (exact) mass is 466 g/mol. The highest BCUT2D eigenvalue weighted by Crippen LogP contribution is 2.42. The van der Waals surface area contributed by atoms with E-state index in [-0.39, 0.29) is 21.9 Å². The molecular formula is C24H19FN2O5S. The molecule has 1 amide bonds. The Morgan fingerprint density at radius 3 is 2.06 bits per heavy atom. The molecular weight excluding hydrogens is 447 g/mol. The first-order valence-corrected chi connectivity index (χ1v) is 11.4. The molecule has 1 fully saturated rings. The highest BCUT2D eigenvalue weighted by atomic mass is 32.2. The van der Waals surface area contributed by atoms with Crippen LogP contribution in [0.1, 0.15) is 22.7 Å². The van der Waals surface area contributed by atoms with Gasteiger partial charge < -0.3 is 5.11 Å². The Morgan fingerprint density at radius 2 is 1.52 bits per heavy atom. The first-order valence-electron chi connectivity index (χ1n) is 9.84. The van der Waals surface area contributed by atoms with E-state index in [9.17, 15) is 27.5 Å². The highest BCUT2D eigenvalue weighted by molar-refractivity contribution is 7.89. The van der Waals surface area contributed by atoms with Crippen LogP contribution in [0.2, 0.25) is 0 Å². The molecule has 3 N–H and O–H groups in total. The molecule has 33 heavy (non-hydrogen) atoms. The normalized spacial score (nSPS) is 18.0. The number of aryl methyl sites for hydroxylation is 1. The van der Waals surface area contributed by atoms with Crippen molar-refractivity contribution < 1.29 is 27.5 Å². The molecule has 1 saturated heterocycles. The van der Waals surface area contributed by atoms with Crippen molar-refractivity contribution in [1.82, 2.24) is 0 Å². The van der Waals surface area contributed by atoms with Crippen molar-refractivity contribution in [2.24, 2.45) is 5.14 Å². The summed E-state index contributed by atoms with van der Waals surface area (Å²) in [7, 11) is -3.96. The maximum absolute atomic E-state index is 13.6. The lowest BCUT2D eigenvalue weighted by atomic mass is 9.95. The van der Waals surface area contributed by atoms with Crippen molar-refractivity contribution in [3.05, 3.63) is 101 Å². The number of anilines is 1. The minimum atomic E-state index is -3.96. The van der Waals surface area contributed by atoms with Gasteiger partial charge in [-0.2, -0.15) is 0 Å². The van der Waals surface area contributed by atoms with Crippen LogP contribution in [0.5, 0.6) is 0 Å². The Bertz CT molecular complexity index is 1380. The molecule has 3 aromatic rings. The zero-order valence-corrected chi connectivity index (χ0v) is 18.2. The molecule has 1 aliphatic rings. The molecule has 1 atom stereocenters. The molecule has 0 saturated carbocycles. The number of carbonyl (C=O) groups excluding carboxylic acids is 2. The summed E-state index contributed by atoms with van der Waals surface area (Å²) in [4.78, 5) is 27.1. The zero-order valence-electron chi connectivity index (χ0n) is 17.4. The first kappa shape index (κ1) is 22.4. The van der Waals surface area contributed by atoms with Gasteiger partial charge in [-0.3, -0.25) is 14.5 Å². The third-order valence-electron chi connectivity index (χ3n) is 5.40. The summed E-state index contributed by atoms with van der Waals surface area (Å²) in [5, 5.41) is 16.2. The fourth-order valence-corrected chi connectivity index (χ4v) is 4.24. The number of benzene rings is 3. The van der Waals surface area contributed by atoms with Gasteiger partial charge in [-0.05, 0) is 48.9 Å². The number of halogens is 1. The number of sulfonamides is 1. The molecule has 0 spiro atoms. The number of aliphatic hydroxyl groups is 1. The van der Waals surface area contributed by atoms with E-state index in [2.05, 4.69) is 0 Å². The van der Waals surface area contributed by atoms with E-state index in [1.54, 1.807) is 24.3 Å². The highest BCUT2D eigenvalue weighted by Gasteiger charge is 2.47. The van der Waals surface area contributed by atoms with Crippen LogP contribution in [0.25, 0.3) is 5.76 Å². The van der Waals surface area contributed by atoms with E-state index < -0.39 is 33.6 Å². The van der Waals surface area contributed by atoms with Crippen molar-refractivity contribution in [2.75, 3.05) is 4.90 Å². The molecule has 0 radical (unpaired) electrons. The summed E-state index contributed by atoms with van der Waals surface area (Å²) in [6.07, 6.45) is 0. The summed E-state index contributed by atoms with van der Waals surface area (Å²) in [5.74, 6) is -2.71. The number of aliphatic hydroxyl groups excluding tert-OH is 1. The molecule has 168 valence electrons. The lowest BCUT2D eigenvalue weighted by Gasteiger charge is -2.25. The quantitative estimate of drug-likeness (QED) is 0.347. The van der Waals surface area contributed by atoms with Gasteiger partial charge in [0.25, 0.3) is 11.7 Å². The molecule has 4 rings (SSSR count). The van der Waals surface area contributed by atoms with Gasteiger partial charge >= 0.3 is 0 Å². The standard InChI is InChI=1S/C24H19FN2O5S/c1-14-2-4-16(5-3-14)22(28)20-21(15-6-8-17(25)9-7-15)27(24(30)23(20)29)18-10-12-19(13-11-18)33(26,31)32/h2-13,21,28H,1H3,(H2,26,31,32)/b22-20+. The van der Waals surface area contributed by atoms with Crippen LogP contribution in [-0.4, -0.2) is 25.2 Å². The van der Waals surface area contributed by atoms with Crippen LogP contribution in [0.15, 0.2) is 83.3 Å². The third-order valence-corrected chi connectivity index (χ3v) is 6.33. The molecule has 9 heteroatoms. The second kappa shape index (κ2) is 8.27. The van der Waals surface area contributed by atoms with Crippen molar-refractivity contribution in [1.29, 1.82) is 0 Å². The van der Waals surface area contributed by atoms with Gasteiger partial charge in [0.15, 0.2) is 0 Å². The maximum atomic E-state index is 13.6. The summed E-state index contributed by atoms with van der Waals surface area (Å²) in [5.41, 5.74) is 1.72. The maximum Gasteiger partial charge on any atom is 0.300 e. The van der Waals surface area contributed by atoms with E-state index in [1.807, 2.05) is 6.92 Å². The summed E-state index contributed by atoms with van der Waals surface area (Å²) < 4.78 is 36.8. The smallest absolute Gasteiger partial charge is 0.300 e. The van der Waals surface area contributed by atoms with E-state index >= 15 is 0 Å². The molecule has 7 nitrogen and oxygen atoms in total. The molecule has 1 heterocycles. The predicted molar refractivity (Wildman–Crippen MR) is 120 cm³/mol. The second-order valence-electron chi connectivity index (χ2n) is 7.63. The number of ketones is 1. The molecule has 0 aromatic heterocycles. The molecule has 1 aliphatic heterocycles. The SMILES string of the molecule is Cc1ccc(/C(O)=C2\C(=O)C(=O)N(c3ccc(S(N)(=O)=O)cc3)C2c2ccc(F)cc2)cc1. The lowest BCUT2D eigenvalue weighted by molar-refractivity contribution is -0.132. The number of rotatable bonds is 4. The Morgan fingerprint density at radius 1 is 0.939 bits per heavy atom. The molecule has 0 bridgehead atoms. The Hall–Kier alpha value is -3.82. The summed E-state index contributed by atoms with van der Waals surface area (Å²) >= 11 is 0. The van der Waals surface area contributed by atoms with E-state index in [1.165, 1.54) is 48.5 Å². The predicted octanol–water partition coefficient (Wildman–Crippen LogP) is 3.41. The van der Waals surface area contributed by atoms with Crippen molar-refractivity contribution >= 4 is 33.2 Å². The number of amides is 1. The second-order valence-corrected chi connectivity index (χ2v) is 9.19. The van der Waals surface area contributed by atoms with Gasteiger partial charge in [0, 0.05) is 11.3 Å². The minimum Gasteiger partial charge on any atom is -0.507 e. The molecule has 1 unspecified atom stereocenters. The van der Waals surface area contributed by atoms with Gasteiger partial charge in [-0.15, -0.1) is 0 Å². The lowest BCUT2D eigenvalue weighted by Crippen LogP contribution is -2.29. The minimum absolute atomic E-state index is 0.161. The van der Waals surface area contributed by atoms with Crippen LogP contribution < -0.4 is 10.0 Å². The van der Waals surface area contributed by atoms with Crippen LogP contribution >= 0.6 is 0 Å². The van der Waals surface area contributed by atoms with Crippen LogP contribution in [0.3, 0.4) is 0 Å². The largest absolute Gasteiger partial charge is 0.507 e. The average Bonchev–Trinajstić information content (AvgIpc) is 3.04. The van der Waals surface area contributed by atoms with E-state index in [0.29, 0.717) is 11.1 Å². The number of primary sulfonamides is 1.